The standard InChI is InChI=1S/C15H26N2O3/c1-2-14(19)16-12-10-11(6-7-13(12)18)15(20)17-8-4-3-5-9-17/h11-13,18H,2-10H2,1H3,(H,16,19)/t11-,12+,13+/m0/s1. The Morgan fingerprint density at radius 1 is 1.20 bits per heavy atom. The largest absolute Gasteiger partial charge is 0.391 e. The highest BCUT2D eigenvalue weighted by Gasteiger charge is 2.35. The Labute approximate surface area is 120 Å². The monoisotopic (exact) mass is 282 g/mol. The number of nitrogens with zero attached hydrogens (tertiary/aromatic N) is 1. The lowest BCUT2D eigenvalue weighted by Gasteiger charge is -2.36. The number of carbonyl (C=O) groups excluding carboxylic acids is 2. The molecule has 2 aliphatic rings. The summed E-state index contributed by atoms with van der Waals surface area (Å²) in [7, 11) is 0. The molecule has 0 spiro atoms. The maximum atomic E-state index is 12.5. The number of carbonyl (C=O) groups is 2. The Kier molecular flexibility index (Phi) is 5.40. The first kappa shape index (κ1) is 15.3. The molecule has 2 N–H and O–H groups in total. The molecular weight excluding hydrogens is 256 g/mol. The minimum absolute atomic E-state index is 0.0429. The number of piperidine rings is 1. The summed E-state index contributed by atoms with van der Waals surface area (Å²) in [4.78, 5) is 25.9. The quantitative estimate of drug-likeness (QED) is 0.813. The van der Waals surface area contributed by atoms with Crippen LogP contribution in [0.4, 0.5) is 0 Å². The second-order valence-electron chi connectivity index (χ2n) is 5.99. The smallest absolute Gasteiger partial charge is 0.225 e. The second kappa shape index (κ2) is 7.07. The normalized spacial score (nSPS) is 30.9. The highest BCUT2D eigenvalue weighted by molar-refractivity contribution is 5.79. The molecule has 1 aliphatic heterocycles. The Hall–Kier alpha value is -1.10. The van der Waals surface area contributed by atoms with Crippen LogP contribution in [0.1, 0.15) is 51.9 Å². The molecule has 20 heavy (non-hydrogen) atoms. The van der Waals surface area contributed by atoms with E-state index < -0.39 is 6.10 Å². The average molecular weight is 282 g/mol. The summed E-state index contributed by atoms with van der Waals surface area (Å²) in [5.74, 6) is 0.117. The molecule has 114 valence electrons. The van der Waals surface area contributed by atoms with E-state index in [2.05, 4.69) is 5.32 Å². The third kappa shape index (κ3) is 3.72. The van der Waals surface area contributed by atoms with Crippen LogP contribution in [0.15, 0.2) is 0 Å². The highest BCUT2D eigenvalue weighted by Crippen LogP contribution is 2.27. The van der Waals surface area contributed by atoms with Crippen LogP contribution in [0.2, 0.25) is 0 Å². The molecule has 1 saturated carbocycles. The number of hydrogen-bond acceptors (Lipinski definition) is 3. The van der Waals surface area contributed by atoms with E-state index in [0.717, 1.165) is 32.4 Å². The zero-order valence-corrected chi connectivity index (χ0v) is 12.3. The fourth-order valence-corrected chi connectivity index (χ4v) is 3.22. The van der Waals surface area contributed by atoms with Crippen LogP contribution >= 0.6 is 0 Å². The van der Waals surface area contributed by atoms with E-state index in [1.165, 1.54) is 6.42 Å². The highest BCUT2D eigenvalue weighted by atomic mass is 16.3. The molecule has 5 heteroatoms. The number of aliphatic hydroxyl groups is 1. The molecule has 3 atom stereocenters. The molecule has 1 heterocycles. The van der Waals surface area contributed by atoms with Gasteiger partial charge in [0.25, 0.3) is 0 Å². The van der Waals surface area contributed by atoms with E-state index in [-0.39, 0.29) is 23.8 Å². The molecule has 1 aliphatic carbocycles. The van der Waals surface area contributed by atoms with Gasteiger partial charge in [0.2, 0.25) is 11.8 Å². The molecule has 2 fully saturated rings. The molecule has 0 aromatic rings. The SMILES string of the molecule is CCC(=O)N[C@@H]1C[C@@H](C(=O)N2CCCCC2)CC[C@H]1O. The molecular formula is C15H26N2O3. The lowest BCUT2D eigenvalue weighted by Crippen LogP contribution is -2.50. The van der Waals surface area contributed by atoms with Gasteiger partial charge in [0.15, 0.2) is 0 Å². The van der Waals surface area contributed by atoms with Crippen molar-refractivity contribution in [1.82, 2.24) is 10.2 Å². The van der Waals surface area contributed by atoms with E-state index in [0.29, 0.717) is 19.3 Å². The van der Waals surface area contributed by atoms with E-state index >= 15 is 0 Å². The Balaban J connectivity index is 1.91. The first-order valence-corrected chi connectivity index (χ1v) is 7.88. The van der Waals surface area contributed by atoms with Gasteiger partial charge >= 0.3 is 0 Å². The van der Waals surface area contributed by atoms with Gasteiger partial charge in [-0.1, -0.05) is 6.92 Å². The van der Waals surface area contributed by atoms with Crippen molar-refractivity contribution in [2.75, 3.05) is 13.1 Å². The fourth-order valence-electron chi connectivity index (χ4n) is 3.22. The number of likely N-dealkylation sites (tertiary alicyclic amines) is 1. The zero-order valence-electron chi connectivity index (χ0n) is 12.3. The summed E-state index contributed by atoms with van der Waals surface area (Å²) in [5.41, 5.74) is 0. The van der Waals surface area contributed by atoms with E-state index in [4.69, 9.17) is 0 Å². The number of aliphatic hydroxyl groups excluding tert-OH is 1. The number of amides is 2. The first-order chi connectivity index (χ1) is 9.61. The Morgan fingerprint density at radius 3 is 2.55 bits per heavy atom. The molecule has 5 nitrogen and oxygen atoms in total. The van der Waals surface area contributed by atoms with Gasteiger partial charge in [-0.05, 0) is 38.5 Å². The molecule has 0 aromatic heterocycles. The summed E-state index contributed by atoms with van der Waals surface area (Å²) < 4.78 is 0. The van der Waals surface area contributed by atoms with Gasteiger partial charge in [-0.25, -0.2) is 0 Å². The molecule has 2 amide bonds. The minimum Gasteiger partial charge on any atom is -0.391 e. The van der Waals surface area contributed by atoms with Crippen LogP contribution in [0, 0.1) is 5.92 Å². The second-order valence-corrected chi connectivity index (χ2v) is 5.99. The van der Waals surface area contributed by atoms with Gasteiger partial charge in [0.1, 0.15) is 0 Å². The Morgan fingerprint density at radius 2 is 1.90 bits per heavy atom. The topological polar surface area (TPSA) is 69.6 Å². The van der Waals surface area contributed by atoms with Crippen LogP contribution in [0.3, 0.4) is 0 Å². The fraction of sp³-hybridized carbons (Fsp3) is 0.867. The van der Waals surface area contributed by atoms with Crippen LogP contribution in [0.25, 0.3) is 0 Å². The first-order valence-electron chi connectivity index (χ1n) is 7.88. The van der Waals surface area contributed by atoms with E-state index in [1.807, 2.05) is 4.90 Å². The molecule has 0 radical (unpaired) electrons. The van der Waals surface area contributed by atoms with Gasteiger partial charge in [-0.2, -0.15) is 0 Å². The summed E-state index contributed by atoms with van der Waals surface area (Å²) in [6.45, 7) is 3.52. The van der Waals surface area contributed by atoms with Gasteiger partial charge in [0.05, 0.1) is 12.1 Å². The van der Waals surface area contributed by atoms with Crippen molar-refractivity contribution >= 4 is 11.8 Å². The maximum Gasteiger partial charge on any atom is 0.225 e. The molecule has 0 bridgehead atoms. The van der Waals surface area contributed by atoms with Crippen molar-refractivity contribution in [1.29, 1.82) is 0 Å². The van der Waals surface area contributed by atoms with Crippen molar-refractivity contribution in [3.8, 4) is 0 Å². The molecule has 1 saturated heterocycles. The van der Waals surface area contributed by atoms with Gasteiger partial charge in [-0.3, -0.25) is 9.59 Å². The van der Waals surface area contributed by atoms with Crippen molar-refractivity contribution in [3.05, 3.63) is 0 Å². The van der Waals surface area contributed by atoms with Crippen LogP contribution < -0.4 is 5.32 Å². The Bertz CT molecular complexity index is 353. The van der Waals surface area contributed by atoms with Gasteiger partial charge in [-0.15, -0.1) is 0 Å². The van der Waals surface area contributed by atoms with Crippen molar-refractivity contribution in [2.24, 2.45) is 5.92 Å². The molecule has 0 unspecified atom stereocenters. The third-order valence-corrected chi connectivity index (χ3v) is 4.50. The predicted molar refractivity (Wildman–Crippen MR) is 76.0 cm³/mol. The molecule has 2 rings (SSSR count). The van der Waals surface area contributed by atoms with E-state index in [9.17, 15) is 14.7 Å². The zero-order chi connectivity index (χ0) is 14.5. The summed E-state index contributed by atoms with van der Waals surface area (Å²) in [5, 5.41) is 12.8. The number of nitrogens with one attached hydrogen (secondary N) is 1. The van der Waals surface area contributed by atoms with Crippen molar-refractivity contribution in [2.45, 2.75) is 64.0 Å². The number of hydrogen-bond donors (Lipinski definition) is 2. The predicted octanol–water partition coefficient (Wildman–Crippen LogP) is 1.05. The van der Waals surface area contributed by atoms with Crippen LogP contribution in [-0.4, -0.2) is 47.1 Å². The molecule has 0 aromatic carbocycles. The summed E-state index contributed by atoms with van der Waals surface area (Å²) in [6, 6.07) is -0.269. The lowest BCUT2D eigenvalue weighted by atomic mass is 9.82. The third-order valence-electron chi connectivity index (χ3n) is 4.50. The van der Waals surface area contributed by atoms with Crippen molar-refractivity contribution in [3.63, 3.8) is 0 Å². The van der Waals surface area contributed by atoms with E-state index in [1.54, 1.807) is 6.92 Å². The average Bonchev–Trinajstić information content (AvgIpc) is 2.49. The maximum absolute atomic E-state index is 12.5. The lowest BCUT2D eigenvalue weighted by molar-refractivity contribution is -0.139. The van der Waals surface area contributed by atoms with Gasteiger partial charge in [0, 0.05) is 25.4 Å². The van der Waals surface area contributed by atoms with Crippen LogP contribution in [-0.2, 0) is 9.59 Å². The minimum atomic E-state index is -0.518. The van der Waals surface area contributed by atoms with Crippen LogP contribution in [0.5, 0.6) is 0 Å². The van der Waals surface area contributed by atoms with Gasteiger partial charge < -0.3 is 15.3 Å². The van der Waals surface area contributed by atoms with Crippen molar-refractivity contribution < 1.29 is 14.7 Å². The number of rotatable bonds is 3. The summed E-state index contributed by atoms with van der Waals surface area (Å²) in [6.07, 6.45) is 5.19. The summed E-state index contributed by atoms with van der Waals surface area (Å²) >= 11 is 0.